The molecule has 0 fully saturated rings. The zero-order valence-electron chi connectivity index (χ0n) is 8.44. The van der Waals surface area contributed by atoms with Crippen molar-refractivity contribution in [2.24, 2.45) is 0 Å². The van der Waals surface area contributed by atoms with Gasteiger partial charge in [0.1, 0.15) is 0 Å². The molecule has 0 aliphatic rings. The zero-order valence-corrected chi connectivity index (χ0v) is 9.20. The Morgan fingerprint density at radius 2 is 2.27 bits per heavy atom. The predicted octanol–water partition coefficient (Wildman–Crippen LogP) is 2.48. The van der Waals surface area contributed by atoms with Crippen molar-refractivity contribution in [1.29, 1.82) is 0 Å². The minimum Gasteiger partial charge on any atom is -0.396 e. The first-order valence-corrected chi connectivity index (χ1v) is 5.06. The summed E-state index contributed by atoms with van der Waals surface area (Å²) in [6, 6.07) is 5.99. The number of hydrogen-bond acceptors (Lipinski definition) is 2. The first kappa shape index (κ1) is 10.1. The fourth-order valence-electron chi connectivity index (χ4n) is 1.42. The molecule has 4 heteroatoms. The number of benzene rings is 1. The van der Waals surface area contributed by atoms with Crippen LogP contribution in [-0.4, -0.2) is 9.78 Å². The SMILES string of the molecule is Cc1ccc(Cn2cc(N)cn2)c(Cl)c1. The van der Waals surface area contributed by atoms with E-state index in [0.29, 0.717) is 12.2 Å². The van der Waals surface area contributed by atoms with E-state index in [-0.39, 0.29) is 0 Å². The normalized spacial score (nSPS) is 10.5. The molecule has 1 heterocycles. The van der Waals surface area contributed by atoms with Crippen LogP contribution in [0.4, 0.5) is 5.69 Å². The van der Waals surface area contributed by atoms with Crippen LogP contribution >= 0.6 is 11.6 Å². The summed E-state index contributed by atoms with van der Waals surface area (Å²) in [5, 5.41) is 4.88. The largest absolute Gasteiger partial charge is 0.396 e. The summed E-state index contributed by atoms with van der Waals surface area (Å²) >= 11 is 6.11. The number of halogens is 1. The number of anilines is 1. The van der Waals surface area contributed by atoms with Gasteiger partial charge >= 0.3 is 0 Å². The third kappa shape index (κ3) is 2.30. The topological polar surface area (TPSA) is 43.8 Å². The average molecular weight is 222 g/mol. The summed E-state index contributed by atoms with van der Waals surface area (Å²) in [7, 11) is 0. The summed E-state index contributed by atoms with van der Waals surface area (Å²) in [5.74, 6) is 0. The molecule has 1 aromatic heterocycles. The molecule has 0 bridgehead atoms. The van der Waals surface area contributed by atoms with Crippen molar-refractivity contribution in [3.63, 3.8) is 0 Å². The Bertz CT molecular complexity index is 476. The van der Waals surface area contributed by atoms with E-state index in [4.69, 9.17) is 17.3 Å². The Morgan fingerprint density at radius 1 is 1.47 bits per heavy atom. The molecule has 2 N–H and O–H groups in total. The van der Waals surface area contributed by atoms with Crippen molar-refractivity contribution in [1.82, 2.24) is 9.78 Å². The van der Waals surface area contributed by atoms with E-state index in [0.717, 1.165) is 16.1 Å². The standard InChI is InChI=1S/C11H12ClN3/c1-8-2-3-9(11(12)4-8)6-15-7-10(13)5-14-15/h2-5,7H,6,13H2,1H3. The van der Waals surface area contributed by atoms with E-state index in [1.54, 1.807) is 17.1 Å². The van der Waals surface area contributed by atoms with Crippen LogP contribution in [0, 0.1) is 6.92 Å². The Balaban J connectivity index is 2.24. The maximum atomic E-state index is 6.11. The molecule has 1 aromatic carbocycles. The quantitative estimate of drug-likeness (QED) is 0.847. The van der Waals surface area contributed by atoms with Gasteiger partial charge in [0.25, 0.3) is 0 Å². The van der Waals surface area contributed by atoms with E-state index in [1.165, 1.54) is 0 Å². The van der Waals surface area contributed by atoms with E-state index >= 15 is 0 Å². The molecule has 0 saturated heterocycles. The molecule has 15 heavy (non-hydrogen) atoms. The second kappa shape index (κ2) is 3.95. The van der Waals surface area contributed by atoms with Crippen LogP contribution in [0.1, 0.15) is 11.1 Å². The van der Waals surface area contributed by atoms with E-state index < -0.39 is 0 Å². The minimum atomic E-state index is 0.649. The van der Waals surface area contributed by atoms with Gasteiger partial charge in [0.2, 0.25) is 0 Å². The molecule has 0 aliphatic heterocycles. The lowest BCUT2D eigenvalue weighted by Crippen LogP contribution is -2.00. The zero-order chi connectivity index (χ0) is 10.8. The van der Waals surface area contributed by atoms with Crippen molar-refractivity contribution >= 4 is 17.3 Å². The van der Waals surface area contributed by atoms with Crippen LogP contribution in [-0.2, 0) is 6.54 Å². The summed E-state index contributed by atoms with van der Waals surface area (Å²) in [5.41, 5.74) is 8.45. The monoisotopic (exact) mass is 221 g/mol. The van der Waals surface area contributed by atoms with Gasteiger partial charge in [-0.25, -0.2) is 0 Å². The fraction of sp³-hybridized carbons (Fsp3) is 0.182. The van der Waals surface area contributed by atoms with Gasteiger partial charge in [0.15, 0.2) is 0 Å². The van der Waals surface area contributed by atoms with Crippen LogP contribution in [0.3, 0.4) is 0 Å². The summed E-state index contributed by atoms with van der Waals surface area (Å²) in [6.07, 6.45) is 3.41. The van der Waals surface area contributed by atoms with Crippen molar-refractivity contribution < 1.29 is 0 Å². The van der Waals surface area contributed by atoms with Crippen LogP contribution in [0.25, 0.3) is 0 Å². The van der Waals surface area contributed by atoms with Crippen LogP contribution in [0.2, 0.25) is 5.02 Å². The molecule has 0 unspecified atom stereocenters. The third-order valence-corrected chi connectivity index (χ3v) is 2.55. The second-order valence-electron chi connectivity index (χ2n) is 3.57. The smallest absolute Gasteiger partial charge is 0.0719 e. The summed E-state index contributed by atoms with van der Waals surface area (Å²) in [4.78, 5) is 0. The van der Waals surface area contributed by atoms with Gasteiger partial charge in [0, 0.05) is 11.2 Å². The predicted molar refractivity (Wildman–Crippen MR) is 61.9 cm³/mol. The van der Waals surface area contributed by atoms with Gasteiger partial charge in [-0.1, -0.05) is 23.7 Å². The Labute approximate surface area is 93.5 Å². The molecule has 2 aromatic rings. The Hall–Kier alpha value is -1.48. The van der Waals surface area contributed by atoms with Crippen molar-refractivity contribution in [2.45, 2.75) is 13.5 Å². The molecule has 0 saturated carbocycles. The van der Waals surface area contributed by atoms with Crippen molar-refractivity contribution in [3.8, 4) is 0 Å². The number of nitrogens with two attached hydrogens (primary N) is 1. The number of nitrogen functional groups attached to an aromatic ring is 1. The molecule has 0 atom stereocenters. The van der Waals surface area contributed by atoms with Gasteiger partial charge < -0.3 is 5.73 Å². The van der Waals surface area contributed by atoms with Gasteiger partial charge in [-0.05, 0) is 24.1 Å². The minimum absolute atomic E-state index is 0.649. The molecule has 2 rings (SSSR count). The lowest BCUT2D eigenvalue weighted by molar-refractivity contribution is 0.687. The number of hydrogen-bond donors (Lipinski definition) is 1. The van der Waals surface area contributed by atoms with Gasteiger partial charge in [0.05, 0.1) is 18.4 Å². The highest BCUT2D eigenvalue weighted by molar-refractivity contribution is 6.31. The van der Waals surface area contributed by atoms with Crippen molar-refractivity contribution in [2.75, 3.05) is 5.73 Å². The van der Waals surface area contributed by atoms with E-state index in [9.17, 15) is 0 Å². The molecular formula is C11H12ClN3. The number of aryl methyl sites for hydroxylation is 1. The molecule has 0 radical (unpaired) electrons. The Kier molecular flexibility index (Phi) is 2.64. The number of rotatable bonds is 2. The van der Waals surface area contributed by atoms with Gasteiger partial charge in [-0.15, -0.1) is 0 Å². The van der Waals surface area contributed by atoms with Crippen LogP contribution < -0.4 is 5.73 Å². The third-order valence-electron chi connectivity index (χ3n) is 2.19. The molecule has 0 amide bonds. The molecule has 3 nitrogen and oxygen atoms in total. The highest BCUT2D eigenvalue weighted by atomic mass is 35.5. The second-order valence-corrected chi connectivity index (χ2v) is 3.97. The summed E-state index contributed by atoms with van der Waals surface area (Å²) < 4.78 is 1.77. The van der Waals surface area contributed by atoms with Crippen molar-refractivity contribution in [3.05, 3.63) is 46.7 Å². The lowest BCUT2D eigenvalue weighted by Gasteiger charge is -2.05. The summed E-state index contributed by atoms with van der Waals surface area (Å²) in [6.45, 7) is 2.66. The van der Waals surface area contributed by atoms with E-state index in [2.05, 4.69) is 5.10 Å². The molecule has 78 valence electrons. The first-order valence-electron chi connectivity index (χ1n) is 4.68. The van der Waals surface area contributed by atoms with Gasteiger partial charge in [-0.2, -0.15) is 5.10 Å². The average Bonchev–Trinajstić information content (AvgIpc) is 2.56. The highest BCUT2D eigenvalue weighted by Gasteiger charge is 2.02. The van der Waals surface area contributed by atoms with Gasteiger partial charge in [-0.3, -0.25) is 4.68 Å². The Morgan fingerprint density at radius 3 is 2.87 bits per heavy atom. The molecule has 0 aliphatic carbocycles. The fourth-order valence-corrected chi connectivity index (χ4v) is 1.72. The lowest BCUT2D eigenvalue weighted by atomic mass is 10.1. The van der Waals surface area contributed by atoms with Crippen LogP contribution in [0.5, 0.6) is 0 Å². The molecule has 0 spiro atoms. The van der Waals surface area contributed by atoms with Crippen LogP contribution in [0.15, 0.2) is 30.6 Å². The first-order chi connectivity index (χ1) is 7.15. The number of nitrogens with zero attached hydrogens (tertiary/aromatic N) is 2. The maximum Gasteiger partial charge on any atom is 0.0719 e. The highest BCUT2D eigenvalue weighted by Crippen LogP contribution is 2.18. The number of aromatic nitrogens is 2. The maximum absolute atomic E-state index is 6.11. The molecular weight excluding hydrogens is 210 g/mol. The van der Waals surface area contributed by atoms with E-state index in [1.807, 2.05) is 25.1 Å².